The Morgan fingerprint density at radius 3 is 2.45 bits per heavy atom. The third-order valence-corrected chi connectivity index (χ3v) is 2.74. The molecule has 1 amide bonds. The second kappa shape index (κ2) is 6.52. The molecule has 0 aliphatic heterocycles. The number of para-hydroxylation sites is 1. The number of carbonyl (C=O) groups excluding carboxylic acids is 1. The molecule has 0 saturated heterocycles. The van der Waals surface area contributed by atoms with Gasteiger partial charge in [-0.15, -0.1) is 0 Å². The molecule has 3 nitrogen and oxygen atoms in total. The van der Waals surface area contributed by atoms with Crippen molar-refractivity contribution in [1.82, 2.24) is 5.43 Å². The molecule has 0 aliphatic rings. The molecule has 0 radical (unpaired) electrons. The van der Waals surface area contributed by atoms with E-state index < -0.39 is 0 Å². The zero-order valence-electron chi connectivity index (χ0n) is 11.1. The van der Waals surface area contributed by atoms with E-state index in [1.54, 1.807) is 30.3 Å². The van der Waals surface area contributed by atoms with Crippen molar-refractivity contribution in [3.63, 3.8) is 0 Å². The van der Waals surface area contributed by atoms with Crippen molar-refractivity contribution >= 4 is 17.7 Å². The number of anilines is 1. The van der Waals surface area contributed by atoms with Crippen LogP contribution in [0.1, 0.15) is 5.56 Å². The Morgan fingerprint density at radius 2 is 1.75 bits per heavy atom. The lowest BCUT2D eigenvalue weighted by Crippen LogP contribution is -2.38. The minimum Gasteiger partial charge on any atom is -0.288 e. The van der Waals surface area contributed by atoms with E-state index in [2.05, 4.69) is 5.43 Å². The monoisotopic (exact) mass is 270 g/mol. The lowest BCUT2D eigenvalue weighted by Gasteiger charge is -2.19. The van der Waals surface area contributed by atoms with E-state index in [9.17, 15) is 9.18 Å². The van der Waals surface area contributed by atoms with Gasteiger partial charge in [-0.2, -0.15) is 0 Å². The molecule has 20 heavy (non-hydrogen) atoms. The Bertz CT molecular complexity index is 611. The second-order valence-electron chi connectivity index (χ2n) is 4.23. The molecule has 0 atom stereocenters. The Kier molecular flexibility index (Phi) is 4.50. The topological polar surface area (TPSA) is 32.3 Å². The van der Waals surface area contributed by atoms with Gasteiger partial charge in [-0.1, -0.05) is 36.4 Å². The average molecular weight is 270 g/mol. The quantitative estimate of drug-likeness (QED) is 0.684. The molecule has 102 valence electrons. The van der Waals surface area contributed by atoms with Crippen LogP contribution in [0.15, 0.2) is 60.7 Å². The number of nitrogens with zero attached hydrogens (tertiary/aromatic N) is 1. The molecule has 0 aliphatic carbocycles. The van der Waals surface area contributed by atoms with Crippen LogP contribution in [0, 0.1) is 5.82 Å². The summed E-state index contributed by atoms with van der Waals surface area (Å²) >= 11 is 0. The molecular weight excluding hydrogens is 255 g/mol. The molecule has 0 bridgehead atoms. The first-order chi connectivity index (χ1) is 9.66. The van der Waals surface area contributed by atoms with E-state index in [0.717, 1.165) is 5.69 Å². The Labute approximate surface area is 117 Å². The predicted octanol–water partition coefficient (Wildman–Crippen LogP) is 3.01. The van der Waals surface area contributed by atoms with Crippen LogP contribution in [0.4, 0.5) is 10.1 Å². The largest absolute Gasteiger partial charge is 0.288 e. The fourth-order valence-corrected chi connectivity index (χ4v) is 1.69. The fourth-order valence-electron chi connectivity index (χ4n) is 1.69. The number of rotatable bonds is 4. The van der Waals surface area contributed by atoms with Gasteiger partial charge in [0.1, 0.15) is 5.82 Å². The number of benzene rings is 2. The van der Waals surface area contributed by atoms with Crippen molar-refractivity contribution in [2.45, 2.75) is 0 Å². The van der Waals surface area contributed by atoms with Crippen LogP contribution in [0.5, 0.6) is 0 Å². The molecule has 2 rings (SSSR count). The molecule has 0 saturated carbocycles. The van der Waals surface area contributed by atoms with Crippen molar-refractivity contribution in [2.75, 3.05) is 12.1 Å². The minimum atomic E-state index is -0.354. The molecule has 0 heterocycles. The highest BCUT2D eigenvalue weighted by molar-refractivity contribution is 5.92. The third kappa shape index (κ3) is 3.68. The summed E-state index contributed by atoms with van der Waals surface area (Å²) in [5.74, 6) is -0.674. The Hall–Kier alpha value is -2.62. The van der Waals surface area contributed by atoms with E-state index in [0.29, 0.717) is 5.56 Å². The van der Waals surface area contributed by atoms with E-state index in [-0.39, 0.29) is 11.7 Å². The molecule has 0 unspecified atom stereocenters. The zero-order valence-corrected chi connectivity index (χ0v) is 11.1. The van der Waals surface area contributed by atoms with Gasteiger partial charge in [-0.05, 0) is 24.3 Å². The normalized spacial score (nSPS) is 10.5. The highest BCUT2D eigenvalue weighted by Gasteiger charge is 2.03. The van der Waals surface area contributed by atoms with Crippen LogP contribution in [-0.4, -0.2) is 13.0 Å². The summed E-state index contributed by atoms with van der Waals surface area (Å²) in [5.41, 5.74) is 3.91. The van der Waals surface area contributed by atoms with Gasteiger partial charge in [0.05, 0.1) is 5.69 Å². The van der Waals surface area contributed by atoms with Crippen molar-refractivity contribution in [3.05, 3.63) is 72.1 Å². The Balaban J connectivity index is 1.98. The Morgan fingerprint density at radius 1 is 1.10 bits per heavy atom. The van der Waals surface area contributed by atoms with Crippen molar-refractivity contribution in [2.24, 2.45) is 0 Å². The smallest absolute Gasteiger partial charge is 0.262 e. The zero-order chi connectivity index (χ0) is 14.4. The van der Waals surface area contributed by atoms with Crippen molar-refractivity contribution in [3.8, 4) is 0 Å². The second-order valence-corrected chi connectivity index (χ2v) is 4.23. The highest BCUT2D eigenvalue weighted by atomic mass is 19.1. The first-order valence-corrected chi connectivity index (χ1v) is 6.19. The summed E-state index contributed by atoms with van der Waals surface area (Å²) in [7, 11) is 1.74. The van der Waals surface area contributed by atoms with E-state index >= 15 is 0 Å². The lowest BCUT2D eigenvalue weighted by molar-refractivity contribution is -0.116. The molecule has 0 fully saturated rings. The standard InChI is InChI=1S/C16H15FN2O/c1-19(14-8-3-2-4-9-14)18-16(20)12-11-13-7-5-6-10-15(13)17/h2-12H,1H3,(H,18,20)/b12-11+. The third-order valence-electron chi connectivity index (χ3n) is 2.74. The maximum atomic E-state index is 13.4. The van der Waals surface area contributed by atoms with Crippen LogP contribution in [0.2, 0.25) is 0 Å². The molecule has 2 aromatic carbocycles. The number of amides is 1. The molecular formula is C16H15FN2O. The van der Waals surface area contributed by atoms with Crippen LogP contribution in [-0.2, 0) is 4.79 Å². The molecule has 0 spiro atoms. The first kappa shape index (κ1) is 13.8. The van der Waals surface area contributed by atoms with Crippen LogP contribution >= 0.6 is 0 Å². The SMILES string of the molecule is CN(NC(=O)/C=C/c1ccccc1F)c1ccccc1. The van der Waals surface area contributed by atoms with Gasteiger partial charge in [-0.3, -0.25) is 15.2 Å². The summed E-state index contributed by atoms with van der Waals surface area (Å²) in [6, 6.07) is 15.7. The van der Waals surface area contributed by atoms with Gasteiger partial charge in [-0.25, -0.2) is 4.39 Å². The van der Waals surface area contributed by atoms with Gasteiger partial charge in [0, 0.05) is 18.7 Å². The van der Waals surface area contributed by atoms with E-state index in [1.165, 1.54) is 18.2 Å². The highest BCUT2D eigenvalue weighted by Crippen LogP contribution is 2.09. The maximum absolute atomic E-state index is 13.4. The van der Waals surface area contributed by atoms with Crippen LogP contribution in [0.3, 0.4) is 0 Å². The minimum absolute atomic E-state index is 0.320. The first-order valence-electron chi connectivity index (χ1n) is 6.19. The number of halogens is 1. The predicted molar refractivity (Wildman–Crippen MR) is 78.4 cm³/mol. The van der Waals surface area contributed by atoms with Gasteiger partial charge >= 0.3 is 0 Å². The average Bonchev–Trinajstić information content (AvgIpc) is 2.47. The molecule has 4 heteroatoms. The summed E-state index contributed by atoms with van der Waals surface area (Å²) < 4.78 is 13.4. The van der Waals surface area contributed by atoms with Crippen molar-refractivity contribution in [1.29, 1.82) is 0 Å². The molecule has 1 N–H and O–H groups in total. The lowest BCUT2D eigenvalue weighted by atomic mass is 10.2. The van der Waals surface area contributed by atoms with Crippen molar-refractivity contribution < 1.29 is 9.18 Å². The molecule has 2 aromatic rings. The van der Waals surface area contributed by atoms with Crippen LogP contribution in [0.25, 0.3) is 6.08 Å². The summed E-state index contributed by atoms with van der Waals surface area (Å²) in [4.78, 5) is 11.7. The van der Waals surface area contributed by atoms with Gasteiger partial charge in [0.15, 0.2) is 0 Å². The summed E-state index contributed by atoms with van der Waals surface area (Å²) in [6.07, 6.45) is 2.75. The fraction of sp³-hybridized carbons (Fsp3) is 0.0625. The number of hydrogen-bond donors (Lipinski definition) is 1. The van der Waals surface area contributed by atoms with Crippen LogP contribution < -0.4 is 10.4 Å². The number of nitrogens with one attached hydrogen (secondary N) is 1. The maximum Gasteiger partial charge on any atom is 0.262 e. The summed E-state index contributed by atoms with van der Waals surface area (Å²) in [6.45, 7) is 0. The molecule has 0 aromatic heterocycles. The number of hydrazine groups is 1. The number of carbonyl (C=O) groups is 1. The van der Waals surface area contributed by atoms with Gasteiger partial charge < -0.3 is 0 Å². The number of hydrogen-bond acceptors (Lipinski definition) is 2. The van der Waals surface area contributed by atoms with E-state index in [4.69, 9.17) is 0 Å². The van der Waals surface area contributed by atoms with E-state index in [1.807, 2.05) is 30.3 Å². The van der Waals surface area contributed by atoms with Gasteiger partial charge in [0.2, 0.25) is 0 Å². The van der Waals surface area contributed by atoms with Gasteiger partial charge in [0.25, 0.3) is 5.91 Å². The summed E-state index contributed by atoms with van der Waals surface area (Å²) in [5, 5.41) is 1.61.